The fourth-order valence-corrected chi connectivity index (χ4v) is 4.35. The second-order valence-corrected chi connectivity index (χ2v) is 7.77. The first-order valence-corrected chi connectivity index (χ1v) is 9.52. The lowest BCUT2D eigenvalue weighted by Crippen LogP contribution is -2.58. The predicted molar refractivity (Wildman–Crippen MR) is 104 cm³/mol. The van der Waals surface area contributed by atoms with Gasteiger partial charge in [-0.25, -0.2) is 0 Å². The minimum absolute atomic E-state index is 0.0393. The number of anilines is 2. The van der Waals surface area contributed by atoms with Crippen molar-refractivity contribution in [2.24, 2.45) is 0 Å². The van der Waals surface area contributed by atoms with Gasteiger partial charge in [-0.3, -0.25) is 14.5 Å². The number of fused-ring (bicyclic) bond motifs is 2. The molecule has 0 saturated carbocycles. The molecule has 142 valence electrons. The van der Waals surface area contributed by atoms with Crippen molar-refractivity contribution in [3.63, 3.8) is 0 Å². The van der Waals surface area contributed by atoms with Crippen molar-refractivity contribution in [3.8, 4) is 0 Å². The van der Waals surface area contributed by atoms with Crippen molar-refractivity contribution in [1.29, 1.82) is 0 Å². The van der Waals surface area contributed by atoms with E-state index in [1.807, 2.05) is 43.3 Å². The third kappa shape index (κ3) is 4.55. The average molecular weight is 358 g/mol. The van der Waals surface area contributed by atoms with Crippen molar-refractivity contribution in [2.45, 2.75) is 57.2 Å². The number of piperidine rings is 2. The minimum atomic E-state index is 0.0393. The molecule has 0 radical (unpaired) electrons. The van der Waals surface area contributed by atoms with Crippen LogP contribution in [0.15, 0.2) is 24.3 Å². The van der Waals surface area contributed by atoms with Crippen molar-refractivity contribution in [1.82, 2.24) is 10.2 Å². The molecule has 6 nitrogen and oxygen atoms in total. The number of benzene rings is 1. The van der Waals surface area contributed by atoms with E-state index < -0.39 is 0 Å². The maximum absolute atomic E-state index is 12.6. The van der Waals surface area contributed by atoms with Gasteiger partial charge >= 0.3 is 0 Å². The lowest BCUT2D eigenvalue weighted by Gasteiger charge is -2.48. The third-order valence-corrected chi connectivity index (χ3v) is 5.53. The summed E-state index contributed by atoms with van der Waals surface area (Å²) in [6, 6.07) is 8.92. The number of nitrogens with one attached hydrogen (secondary N) is 2. The van der Waals surface area contributed by atoms with Crippen LogP contribution in [0.1, 0.15) is 39.0 Å². The summed E-state index contributed by atoms with van der Waals surface area (Å²) in [4.78, 5) is 28.3. The fraction of sp³-hybridized carbons (Fsp3) is 0.600. The van der Waals surface area contributed by atoms with Crippen LogP contribution in [0.3, 0.4) is 0 Å². The SMILES string of the molecule is CC(=O)NC1C[C@H]2CCC[C@@H](C1)N2CC(=O)Nc1ccc(N(C)C)cc1. The maximum Gasteiger partial charge on any atom is 0.238 e. The summed E-state index contributed by atoms with van der Waals surface area (Å²) in [7, 11) is 3.99. The van der Waals surface area contributed by atoms with E-state index in [2.05, 4.69) is 15.5 Å². The Hall–Kier alpha value is -2.08. The molecule has 2 aliphatic heterocycles. The van der Waals surface area contributed by atoms with Crippen molar-refractivity contribution in [3.05, 3.63) is 24.3 Å². The van der Waals surface area contributed by atoms with Crippen LogP contribution in [0.4, 0.5) is 11.4 Å². The Morgan fingerprint density at radius 2 is 1.73 bits per heavy atom. The summed E-state index contributed by atoms with van der Waals surface area (Å²) >= 11 is 0. The van der Waals surface area contributed by atoms with E-state index in [0.29, 0.717) is 18.6 Å². The van der Waals surface area contributed by atoms with Crippen molar-refractivity contribution >= 4 is 23.2 Å². The summed E-state index contributed by atoms with van der Waals surface area (Å²) in [6.45, 7) is 2.01. The number of hydrogen-bond donors (Lipinski definition) is 2. The first-order chi connectivity index (χ1) is 12.4. The largest absolute Gasteiger partial charge is 0.378 e. The molecule has 2 fully saturated rings. The van der Waals surface area contributed by atoms with Crippen molar-refractivity contribution in [2.75, 3.05) is 30.9 Å². The summed E-state index contributed by atoms with van der Waals surface area (Å²) in [5.41, 5.74) is 1.94. The molecule has 3 rings (SSSR count). The zero-order valence-electron chi connectivity index (χ0n) is 16.0. The minimum Gasteiger partial charge on any atom is -0.378 e. The number of hydrogen-bond acceptors (Lipinski definition) is 4. The van der Waals surface area contributed by atoms with Gasteiger partial charge in [-0.2, -0.15) is 0 Å². The zero-order valence-corrected chi connectivity index (χ0v) is 16.0. The van der Waals surface area contributed by atoms with E-state index in [9.17, 15) is 9.59 Å². The van der Waals surface area contributed by atoms with Crippen LogP contribution >= 0.6 is 0 Å². The molecule has 2 aliphatic rings. The summed E-state index contributed by atoms with van der Waals surface area (Å²) in [6.07, 6.45) is 5.32. The molecule has 2 heterocycles. The lowest BCUT2D eigenvalue weighted by molar-refractivity contribution is -0.123. The molecule has 6 heteroatoms. The smallest absolute Gasteiger partial charge is 0.238 e. The Bertz CT molecular complexity index is 630. The van der Waals surface area contributed by atoms with Crippen LogP contribution < -0.4 is 15.5 Å². The van der Waals surface area contributed by atoms with Gasteiger partial charge in [-0.1, -0.05) is 6.42 Å². The number of rotatable bonds is 5. The van der Waals surface area contributed by atoms with Gasteiger partial charge in [0.05, 0.1) is 6.54 Å². The Labute approximate surface area is 155 Å². The van der Waals surface area contributed by atoms with Gasteiger partial charge in [0, 0.05) is 50.5 Å². The van der Waals surface area contributed by atoms with Crippen molar-refractivity contribution < 1.29 is 9.59 Å². The van der Waals surface area contributed by atoms with E-state index in [-0.39, 0.29) is 17.9 Å². The second-order valence-electron chi connectivity index (χ2n) is 7.77. The zero-order chi connectivity index (χ0) is 18.7. The van der Waals surface area contributed by atoms with Crippen LogP contribution in [0.25, 0.3) is 0 Å². The van der Waals surface area contributed by atoms with E-state index in [1.165, 1.54) is 6.42 Å². The van der Waals surface area contributed by atoms with Crippen LogP contribution in [0, 0.1) is 0 Å². The monoisotopic (exact) mass is 358 g/mol. The molecular formula is C20H30N4O2. The Kier molecular flexibility index (Phi) is 5.81. The Balaban J connectivity index is 1.57. The summed E-state index contributed by atoms with van der Waals surface area (Å²) in [5.74, 6) is 0.0814. The Morgan fingerprint density at radius 1 is 1.12 bits per heavy atom. The van der Waals surface area contributed by atoms with Gasteiger partial charge in [0.1, 0.15) is 0 Å². The molecule has 26 heavy (non-hydrogen) atoms. The quantitative estimate of drug-likeness (QED) is 0.847. The van der Waals surface area contributed by atoms with Crippen LogP contribution in [0.2, 0.25) is 0 Å². The lowest BCUT2D eigenvalue weighted by atomic mass is 9.81. The number of carbonyl (C=O) groups excluding carboxylic acids is 2. The van der Waals surface area contributed by atoms with Gasteiger partial charge in [0.25, 0.3) is 0 Å². The van der Waals surface area contributed by atoms with E-state index in [4.69, 9.17) is 0 Å². The first-order valence-electron chi connectivity index (χ1n) is 9.52. The van der Waals surface area contributed by atoms with E-state index >= 15 is 0 Å². The van der Waals surface area contributed by atoms with E-state index in [1.54, 1.807) is 6.92 Å². The molecule has 2 saturated heterocycles. The highest BCUT2D eigenvalue weighted by molar-refractivity contribution is 5.92. The number of nitrogens with zero attached hydrogens (tertiary/aromatic N) is 2. The molecule has 0 spiro atoms. The molecule has 1 unspecified atom stereocenters. The highest BCUT2D eigenvalue weighted by Crippen LogP contribution is 2.34. The summed E-state index contributed by atoms with van der Waals surface area (Å²) < 4.78 is 0. The van der Waals surface area contributed by atoms with Gasteiger partial charge in [-0.05, 0) is 49.9 Å². The average Bonchev–Trinajstić information content (AvgIpc) is 2.55. The predicted octanol–water partition coefficient (Wildman–Crippen LogP) is 2.21. The molecule has 2 amide bonds. The van der Waals surface area contributed by atoms with Gasteiger partial charge < -0.3 is 15.5 Å². The highest BCUT2D eigenvalue weighted by atomic mass is 16.2. The number of carbonyl (C=O) groups is 2. The molecular weight excluding hydrogens is 328 g/mol. The first kappa shape index (κ1) is 18.7. The third-order valence-electron chi connectivity index (χ3n) is 5.53. The molecule has 0 aliphatic carbocycles. The van der Waals surface area contributed by atoms with E-state index in [0.717, 1.165) is 37.1 Å². The number of amides is 2. The molecule has 2 bridgehead atoms. The van der Waals surface area contributed by atoms with Crippen LogP contribution in [-0.4, -0.2) is 55.5 Å². The fourth-order valence-electron chi connectivity index (χ4n) is 4.35. The highest BCUT2D eigenvalue weighted by Gasteiger charge is 2.39. The standard InChI is InChI=1S/C20H30N4O2/c1-14(25)21-16-11-18-5-4-6-19(12-16)24(18)13-20(26)22-15-7-9-17(10-8-15)23(2)3/h7-10,16,18-19H,4-6,11-13H2,1-3H3,(H,21,25)(H,22,26)/t16?,18-,19+. The van der Waals surface area contributed by atoms with Gasteiger partial charge in [-0.15, -0.1) is 0 Å². The molecule has 1 aromatic carbocycles. The summed E-state index contributed by atoms with van der Waals surface area (Å²) in [5, 5.41) is 6.09. The second kappa shape index (κ2) is 8.08. The van der Waals surface area contributed by atoms with Gasteiger partial charge in [0.15, 0.2) is 0 Å². The normalized spacial score (nSPS) is 25.4. The van der Waals surface area contributed by atoms with Crippen LogP contribution in [0.5, 0.6) is 0 Å². The molecule has 0 aromatic heterocycles. The van der Waals surface area contributed by atoms with Crippen LogP contribution in [-0.2, 0) is 9.59 Å². The molecule has 3 atom stereocenters. The van der Waals surface area contributed by atoms with Gasteiger partial charge in [0.2, 0.25) is 11.8 Å². The topological polar surface area (TPSA) is 64.7 Å². The molecule has 2 N–H and O–H groups in total. The maximum atomic E-state index is 12.6. The Morgan fingerprint density at radius 3 is 2.27 bits per heavy atom. The molecule has 1 aromatic rings.